The predicted molar refractivity (Wildman–Crippen MR) is 78.1 cm³/mol. The molecule has 0 heterocycles. The zero-order valence-electron chi connectivity index (χ0n) is 11.2. The minimum absolute atomic E-state index is 0.254. The summed E-state index contributed by atoms with van der Waals surface area (Å²) in [6.07, 6.45) is 1.08. The smallest absolute Gasteiger partial charge is 0.123 e. The third-order valence-corrected chi connectivity index (χ3v) is 3.55. The van der Waals surface area contributed by atoms with Crippen molar-refractivity contribution in [1.29, 1.82) is 0 Å². The van der Waals surface area contributed by atoms with E-state index >= 15 is 0 Å². The first kappa shape index (κ1) is 15.1. The van der Waals surface area contributed by atoms with Crippen LogP contribution in [0, 0.1) is 5.82 Å². The maximum absolute atomic E-state index is 13.2. The molecule has 0 saturated carbocycles. The van der Waals surface area contributed by atoms with Gasteiger partial charge in [-0.05, 0) is 37.6 Å². The molecule has 0 aromatic heterocycles. The van der Waals surface area contributed by atoms with Crippen LogP contribution in [0.3, 0.4) is 0 Å². The molecule has 0 bridgehead atoms. The van der Waals surface area contributed by atoms with Crippen molar-refractivity contribution in [2.24, 2.45) is 5.73 Å². The second-order valence-corrected chi connectivity index (χ2v) is 4.93. The second kappa shape index (κ2) is 6.81. The number of halogens is 1. The minimum atomic E-state index is -0.298. The minimum Gasteiger partial charge on any atom is -0.389 e. The van der Waals surface area contributed by atoms with Gasteiger partial charge in [-0.15, -0.1) is 0 Å². The summed E-state index contributed by atoms with van der Waals surface area (Å²) in [5.41, 5.74) is 7.29. The molecular formula is C14H21FN2S. The lowest BCUT2D eigenvalue weighted by Gasteiger charge is -2.27. The van der Waals surface area contributed by atoms with Crippen molar-refractivity contribution in [3.05, 3.63) is 35.1 Å². The van der Waals surface area contributed by atoms with Crippen molar-refractivity contribution < 1.29 is 4.39 Å². The third kappa shape index (κ3) is 3.75. The van der Waals surface area contributed by atoms with Crippen molar-refractivity contribution >= 4 is 17.2 Å². The molecule has 1 unspecified atom stereocenters. The van der Waals surface area contributed by atoms with Gasteiger partial charge in [-0.2, -0.15) is 0 Å². The molecule has 2 N–H and O–H groups in total. The Bertz CT molecular complexity index is 420. The molecular weight excluding hydrogens is 247 g/mol. The van der Waals surface area contributed by atoms with Crippen LogP contribution in [0.4, 0.5) is 4.39 Å². The Morgan fingerprint density at radius 3 is 2.61 bits per heavy atom. The molecule has 1 aromatic rings. The lowest BCUT2D eigenvalue weighted by Crippen LogP contribution is -2.32. The van der Waals surface area contributed by atoms with Crippen LogP contribution < -0.4 is 5.73 Å². The van der Waals surface area contributed by atoms with E-state index in [2.05, 4.69) is 25.7 Å². The van der Waals surface area contributed by atoms with Gasteiger partial charge in [0.1, 0.15) is 10.8 Å². The largest absolute Gasteiger partial charge is 0.389 e. The van der Waals surface area contributed by atoms with E-state index in [0.29, 0.717) is 11.6 Å². The molecule has 0 saturated heterocycles. The number of nitrogens with two attached hydrogens (primary N) is 1. The Kier molecular flexibility index (Phi) is 5.69. The van der Waals surface area contributed by atoms with Crippen LogP contribution in [0.1, 0.15) is 38.3 Å². The third-order valence-electron chi connectivity index (χ3n) is 3.33. The van der Waals surface area contributed by atoms with E-state index in [-0.39, 0.29) is 10.8 Å². The van der Waals surface area contributed by atoms with Crippen LogP contribution >= 0.6 is 12.2 Å². The van der Waals surface area contributed by atoms with Crippen LogP contribution in [-0.2, 0) is 6.54 Å². The van der Waals surface area contributed by atoms with Gasteiger partial charge >= 0.3 is 0 Å². The molecule has 1 rings (SSSR count). The number of hydrogen-bond acceptors (Lipinski definition) is 2. The summed E-state index contributed by atoms with van der Waals surface area (Å²) in [6.45, 7) is 8.16. The fraction of sp³-hybridized carbons (Fsp3) is 0.500. The molecule has 0 aliphatic rings. The highest BCUT2D eigenvalue weighted by Gasteiger charge is 2.14. The zero-order valence-corrected chi connectivity index (χ0v) is 12.1. The lowest BCUT2D eigenvalue weighted by atomic mass is 10.1. The predicted octanol–water partition coefficient (Wildman–Crippen LogP) is 3.08. The Hall–Kier alpha value is -1.00. The highest BCUT2D eigenvalue weighted by molar-refractivity contribution is 7.80. The summed E-state index contributed by atoms with van der Waals surface area (Å²) in [7, 11) is 0. The number of hydrogen-bond donors (Lipinski definition) is 1. The van der Waals surface area contributed by atoms with Gasteiger partial charge in [0.15, 0.2) is 0 Å². The van der Waals surface area contributed by atoms with Gasteiger partial charge < -0.3 is 5.73 Å². The monoisotopic (exact) mass is 268 g/mol. The van der Waals surface area contributed by atoms with Gasteiger partial charge in [-0.3, -0.25) is 4.90 Å². The van der Waals surface area contributed by atoms with Crippen molar-refractivity contribution in [3.63, 3.8) is 0 Å². The average Bonchev–Trinajstić information content (AvgIpc) is 2.36. The quantitative estimate of drug-likeness (QED) is 0.804. The summed E-state index contributed by atoms with van der Waals surface area (Å²) >= 11 is 4.98. The molecule has 2 nitrogen and oxygen atoms in total. The van der Waals surface area contributed by atoms with Gasteiger partial charge in [-0.1, -0.05) is 32.1 Å². The van der Waals surface area contributed by atoms with E-state index in [1.54, 1.807) is 6.07 Å². The maximum atomic E-state index is 13.2. The summed E-state index contributed by atoms with van der Waals surface area (Å²) in [6, 6.07) is 5.14. The second-order valence-electron chi connectivity index (χ2n) is 4.49. The van der Waals surface area contributed by atoms with Gasteiger partial charge in [0.05, 0.1) is 0 Å². The van der Waals surface area contributed by atoms with Crippen molar-refractivity contribution in [2.75, 3.05) is 6.54 Å². The van der Waals surface area contributed by atoms with Gasteiger partial charge in [0.25, 0.3) is 0 Å². The fourth-order valence-electron chi connectivity index (χ4n) is 1.97. The van der Waals surface area contributed by atoms with E-state index < -0.39 is 0 Å². The maximum Gasteiger partial charge on any atom is 0.123 e. The van der Waals surface area contributed by atoms with Gasteiger partial charge in [0, 0.05) is 18.2 Å². The van der Waals surface area contributed by atoms with Crippen LogP contribution in [0.5, 0.6) is 0 Å². The molecule has 0 aliphatic carbocycles. The Morgan fingerprint density at radius 2 is 2.11 bits per heavy atom. The number of benzene rings is 1. The topological polar surface area (TPSA) is 29.3 Å². The first-order chi connectivity index (χ1) is 8.49. The first-order valence-electron chi connectivity index (χ1n) is 6.31. The normalized spacial score (nSPS) is 12.7. The number of nitrogens with zero attached hydrogens (tertiary/aromatic N) is 1. The molecule has 0 amide bonds. The van der Waals surface area contributed by atoms with E-state index in [9.17, 15) is 4.39 Å². The summed E-state index contributed by atoms with van der Waals surface area (Å²) in [5, 5.41) is 0. The average molecular weight is 268 g/mol. The van der Waals surface area contributed by atoms with Crippen molar-refractivity contribution in [1.82, 2.24) is 4.90 Å². The van der Waals surface area contributed by atoms with Crippen molar-refractivity contribution in [2.45, 2.75) is 39.8 Å². The van der Waals surface area contributed by atoms with E-state index in [1.807, 2.05) is 0 Å². The summed E-state index contributed by atoms with van der Waals surface area (Å²) in [5.74, 6) is -0.298. The molecule has 1 aromatic carbocycles. The summed E-state index contributed by atoms with van der Waals surface area (Å²) < 4.78 is 13.2. The van der Waals surface area contributed by atoms with E-state index in [0.717, 1.165) is 25.1 Å². The van der Waals surface area contributed by atoms with E-state index in [1.165, 1.54) is 12.1 Å². The molecule has 0 spiro atoms. The van der Waals surface area contributed by atoms with Crippen LogP contribution in [-0.4, -0.2) is 22.5 Å². The number of rotatable bonds is 6. The Balaban J connectivity index is 2.99. The molecule has 18 heavy (non-hydrogen) atoms. The fourth-order valence-corrected chi connectivity index (χ4v) is 2.16. The first-order valence-corrected chi connectivity index (χ1v) is 6.72. The molecule has 100 valence electrons. The number of thiocarbonyl (C=S) groups is 1. The highest BCUT2D eigenvalue weighted by Crippen LogP contribution is 2.16. The van der Waals surface area contributed by atoms with Crippen LogP contribution in [0.2, 0.25) is 0 Å². The van der Waals surface area contributed by atoms with Crippen molar-refractivity contribution in [3.8, 4) is 0 Å². The Labute approximate surface area is 114 Å². The van der Waals surface area contributed by atoms with Crippen LogP contribution in [0.15, 0.2) is 18.2 Å². The van der Waals surface area contributed by atoms with Gasteiger partial charge in [-0.25, -0.2) is 4.39 Å². The zero-order chi connectivity index (χ0) is 13.7. The standard InChI is InChI=1S/C14H21FN2S/c1-4-10(3)17(5-2)9-11-6-7-12(15)8-13(11)14(16)18/h6-8,10H,4-5,9H2,1-3H3,(H2,16,18). The van der Waals surface area contributed by atoms with E-state index in [4.69, 9.17) is 18.0 Å². The molecule has 4 heteroatoms. The Morgan fingerprint density at radius 1 is 1.44 bits per heavy atom. The van der Waals surface area contributed by atoms with Crippen LogP contribution in [0.25, 0.3) is 0 Å². The molecule has 1 atom stereocenters. The molecule has 0 aliphatic heterocycles. The lowest BCUT2D eigenvalue weighted by molar-refractivity contribution is 0.206. The highest BCUT2D eigenvalue weighted by atomic mass is 32.1. The molecule has 0 radical (unpaired) electrons. The summed E-state index contributed by atoms with van der Waals surface area (Å²) in [4.78, 5) is 2.58. The SMILES string of the molecule is CCC(C)N(CC)Cc1ccc(F)cc1C(N)=S. The van der Waals surface area contributed by atoms with Gasteiger partial charge in [0.2, 0.25) is 0 Å². The molecule has 0 fully saturated rings.